The molecule has 0 saturated heterocycles. The number of hydrazine groups is 2. The van der Waals surface area contributed by atoms with Crippen molar-refractivity contribution >= 4 is 28.7 Å². The number of anilines is 3. The maximum atomic E-state index is 13.4. The lowest BCUT2D eigenvalue weighted by Gasteiger charge is -2.29. The SMILES string of the molecule is Cc1cc(F)ccc1N(Nc1ccc(F)cc1)Nc1ccc(Cl)cc1. The molecule has 0 unspecified atom stereocenters. The number of rotatable bonds is 5. The highest BCUT2D eigenvalue weighted by molar-refractivity contribution is 6.30. The third-order valence-electron chi connectivity index (χ3n) is 3.57. The predicted octanol–water partition coefficient (Wildman–Crippen LogP) is 5.79. The summed E-state index contributed by atoms with van der Waals surface area (Å²) in [5.41, 5.74) is 9.25. The van der Waals surface area contributed by atoms with E-state index in [9.17, 15) is 8.78 Å². The van der Waals surface area contributed by atoms with Crippen molar-refractivity contribution in [3.8, 4) is 0 Å². The first-order valence-electron chi connectivity index (χ1n) is 7.62. The number of nitrogens with zero attached hydrogens (tertiary/aromatic N) is 1. The molecule has 6 heteroatoms. The molecule has 0 radical (unpaired) electrons. The highest BCUT2D eigenvalue weighted by atomic mass is 35.5. The lowest BCUT2D eigenvalue weighted by molar-refractivity contribution is 0.626. The summed E-state index contributed by atoms with van der Waals surface area (Å²) >= 11 is 5.92. The molecule has 3 aromatic rings. The van der Waals surface area contributed by atoms with Crippen LogP contribution in [0, 0.1) is 18.6 Å². The standard InChI is InChI=1S/C19H16ClF2N3/c1-13-12-16(22)6-11-19(13)25(23-17-7-2-14(20)3-8-17)24-18-9-4-15(21)5-10-18/h2-12,23-24H,1H3. The van der Waals surface area contributed by atoms with Crippen LogP contribution in [0.15, 0.2) is 66.7 Å². The highest BCUT2D eigenvalue weighted by Gasteiger charge is 2.11. The predicted molar refractivity (Wildman–Crippen MR) is 98.7 cm³/mol. The Labute approximate surface area is 149 Å². The Morgan fingerprint density at radius 3 is 1.84 bits per heavy atom. The lowest BCUT2D eigenvalue weighted by atomic mass is 10.2. The number of halogens is 3. The molecule has 2 N–H and O–H groups in total. The van der Waals surface area contributed by atoms with Gasteiger partial charge < -0.3 is 0 Å². The summed E-state index contributed by atoms with van der Waals surface area (Å²) < 4.78 is 26.6. The Bertz CT molecular complexity index is 804. The Balaban J connectivity index is 1.92. The monoisotopic (exact) mass is 359 g/mol. The molecule has 0 fully saturated rings. The Hall–Kier alpha value is -2.79. The summed E-state index contributed by atoms with van der Waals surface area (Å²) in [4.78, 5) is 0. The molecular formula is C19H16ClF2N3. The maximum Gasteiger partial charge on any atom is 0.123 e. The minimum atomic E-state index is -0.319. The van der Waals surface area contributed by atoms with Crippen molar-refractivity contribution in [1.29, 1.82) is 0 Å². The van der Waals surface area contributed by atoms with Crippen LogP contribution in [0.1, 0.15) is 5.56 Å². The van der Waals surface area contributed by atoms with E-state index in [1.54, 1.807) is 42.4 Å². The second kappa shape index (κ2) is 7.40. The van der Waals surface area contributed by atoms with Crippen molar-refractivity contribution in [2.75, 3.05) is 16.0 Å². The average Bonchev–Trinajstić information content (AvgIpc) is 2.58. The molecule has 0 aliphatic heterocycles. The van der Waals surface area contributed by atoms with Gasteiger partial charge in [-0.3, -0.25) is 10.9 Å². The van der Waals surface area contributed by atoms with Gasteiger partial charge in [-0.25, -0.2) is 8.78 Å². The van der Waals surface area contributed by atoms with E-state index in [1.165, 1.54) is 24.3 Å². The number of nitrogens with one attached hydrogen (secondary N) is 2. The molecule has 3 nitrogen and oxygen atoms in total. The van der Waals surface area contributed by atoms with Crippen molar-refractivity contribution in [2.45, 2.75) is 6.92 Å². The summed E-state index contributed by atoms with van der Waals surface area (Å²) in [7, 11) is 0. The van der Waals surface area contributed by atoms with E-state index < -0.39 is 0 Å². The molecule has 3 rings (SSSR count). The second-order valence-corrected chi connectivity index (χ2v) is 5.94. The minimum Gasteiger partial charge on any atom is -0.280 e. The van der Waals surface area contributed by atoms with Crippen LogP contribution in [0.4, 0.5) is 25.8 Å². The third kappa shape index (κ3) is 4.39. The van der Waals surface area contributed by atoms with Gasteiger partial charge in [0.05, 0.1) is 17.1 Å². The van der Waals surface area contributed by atoms with Gasteiger partial charge in [0.25, 0.3) is 0 Å². The summed E-state index contributed by atoms with van der Waals surface area (Å²) in [5.74, 6) is -0.629. The van der Waals surface area contributed by atoms with Gasteiger partial charge in [0.1, 0.15) is 11.6 Å². The quantitative estimate of drug-likeness (QED) is 0.565. The van der Waals surface area contributed by atoms with Gasteiger partial charge in [-0.1, -0.05) is 11.6 Å². The fourth-order valence-electron chi connectivity index (χ4n) is 2.33. The Morgan fingerprint density at radius 2 is 1.28 bits per heavy atom. The van der Waals surface area contributed by atoms with Crippen LogP contribution in [-0.2, 0) is 0 Å². The topological polar surface area (TPSA) is 27.3 Å². The zero-order valence-electron chi connectivity index (χ0n) is 13.4. The number of hydrogen-bond donors (Lipinski definition) is 2. The Kier molecular flexibility index (Phi) is 5.05. The second-order valence-electron chi connectivity index (χ2n) is 5.50. The fraction of sp³-hybridized carbons (Fsp3) is 0.0526. The summed E-state index contributed by atoms with van der Waals surface area (Å²) in [6.45, 7) is 1.81. The maximum absolute atomic E-state index is 13.4. The van der Waals surface area contributed by atoms with E-state index in [0.29, 0.717) is 10.7 Å². The first-order chi connectivity index (χ1) is 12.0. The van der Waals surface area contributed by atoms with E-state index >= 15 is 0 Å². The first kappa shape index (κ1) is 17.0. The molecule has 0 aliphatic rings. The molecule has 25 heavy (non-hydrogen) atoms. The molecule has 128 valence electrons. The largest absolute Gasteiger partial charge is 0.280 e. The Morgan fingerprint density at radius 1 is 0.760 bits per heavy atom. The van der Waals surface area contributed by atoms with Crippen LogP contribution in [0.2, 0.25) is 5.02 Å². The molecule has 0 aromatic heterocycles. The number of aryl methyl sites for hydroxylation is 1. The van der Waals surface area contributed by atoms with Crippen molar-refractivity contribution in [3.05, 3.63) is 89.0 Å². The zero-order valence-corrected chi connectivity index (χ0v) is 14.2. The molecule has 0 aliphatic carbocycles. The van der Waals surface area contributed by atoms with Crippen molar-refractivity contribution in [2.24, 2.45) is 0 Å². The van der Waals surface area contributed by atoms with E-state index in [-0.39, 0.29) is 11.6 Å². The summed E-state index contributed by atoms with van der Waals surface area (Å²) in [5, 5.41) is 2.27. The molecule has 0 spiro atoms. The van der Waals surface area contributed by atoms with Crippen molar-refractivity contribution < 1.29 is 8.78 Å². The smallest absolute Gasteiger partial charge is 0.123 e. The highest BCUT2D eigenvalue weighted by Crippen LogP contribution is 2.24. The van der Waals surface area contributed by atoms with Gasteiger partial charge in [-0.05, 0) is 79.2 Å². The van der Waals surface area contributed by atoms with Crippen molar-refractivity contribution in [1.82, 2.24) is 0 Å². The van der Waals surface area contributed by atoms with Crippen LogP contribution >= 0.6 is 11.6 Å². The minimum absolute atomic E-state index is 0.311. The molecule has 0 heterocycles. The summed E-state index contributed by atoms with van der Waals surface area (Å²) in [6, 6.07) is 17.6. The van der Waals surface area contributed by atoms with Gasteiger partial charge in [0, 0.05) is 5.02 Å². The first-order valence-corrected chi connectivity index (χ1v) is 8.00. The van der Waals surface area contributed by atoms with Crippen LogP contribution < -0.4 is 16.0 Å². The lowest BCUT2D eigenvalue weighted by Crippen LogP contribution is -2.36. The van der Waals surface area contributed by atoms with Crippen LogP contribution in [0.3, 0.4) is 0 Å². The molecule has 0 saturated carbocycles. The molecule has 3 aromatic carbocycles. The van der Waals surface area contributed by atoms with Gasteiger partial charge in [-0.2, -0.15) is 5.12 Å². The fourth-order valence-corrected chi connectivity index (χ4v) is 2.45. The van der Waals surface area contributed by atoms with Crippen LogP contribution in [-0.4, -0.2) is 0 Å². The third-order valence-corrected chi connectivity index (χ3v) is 3.82. The normalized spacial score (nSPS) is 10.4. The van der Waals surface area contributed by atoms with E-state index in [1.807, 2.05) is 12.1 Å². The van der Waals surface area contributed by atoms with Gasteiger partial charge in [0.15, 0.2) is 0 Å². The van der Waals surface area contributed by atoms with E-state index in [0.717, 1.165) is 16.9 Å². The van der Waals surface area contributed by atoms with E-state index in [4.69, 9.17) is 11.6 Å². The van der Waals surface area contributed by atoms with Crippen molar-refractivity contribution in [3.63, 3.8) is 0 Å². The van der Waals surface area contributed by atoms with Crippen LogP contribution in [0.25, 0.3) is 0 Å². The van der Waals surface area contributed by atoms with E-state index in [2.05, 4.69) is 10.9 Å². The van der Waals surface area contributed by atoms with Crippen LogP contribution in [0.5, 0.6) is 0 Å². The van der Waals surface area contributed by atoms with Gasteiger partial charge in [0.2, 0.25) is 0 Å². The molecule has 0 amide bonds. The summed E-state index contributed by atoms with van der Waals surface area (Å²) in [6.07, 6.45) is 0. The number of benzene rings is 3. The molecule has 0 atom stereocenters. The molecule has 0 bridgehead atoms. The molecular weight excluding hydrogens is 344 g/mol. The number of hydrogen-bond acceptors (Lipinski definition) is 3. The van der Waals surface area contributed by atoms with Gasteiger partial charge in [-0.15, -0.1) is 0 Å². The average molecular weight is 360 g/mol. The zero-order chi connectivity index (χ0) is 17.8. The van der Waals surface area contributed by atoms with Gasteiger partial charge >= 0.3 is 0 Å².